The SMILES string of the molecule is CC(C)(C)OC(=O)Nc1ccccc1CC[C@@H]1CN(C(=O)O)C[C@@H](CO[Si](C)(C)C(C)(C)C)O1. The molecule has 1 aliphatic rings. The number of carbonyl (C=O) groups excluding carboxylic acids is 1. The Morgan fingerprint density at radius 1 is 1.12 bits per heavy atom. The fourth-order valence-corrected chi connectivity index (χ4v) is 4.48. The molecule has 8 nitrogen and oxygen atoms in total. The number of nitrogens with zero attached hydrogens (tertiary/aromatic N) is 1. The third-order valence-electron chi connectivity index (χ3n) is 6.33. The first-order valence-corrected chi connectivity index (χ1v) is 14.8. The lowest BCUT2D eigenvalue weighted by atomic mass is 10.0. The molecule has 0 radical (unpaired) electrons. The summed E-state index contributed by atoms with van der Waals surface area (Å²) in [6, 6.07) is 7.55. The van der Waals surface area contributed by atoms with Crippen LogP contribution in [0.5, 0.6) is 0 Å². The number of ether oxygens (including phenoxy) is 2. The van der Waals surface area contributed by atoms with Crippen LogP contribution in [0.4, 0.5) is 15.3 Å². The highest BCUT2D eigenvalue weighted by molar-refractivity contribution is 6.74. The molecule has 0 spiro atoms. The van der Waals surface area contributed by atoms with E-state index in [0.717, 1.165) is 5.56 Å². The maximum atomic E-state index is 12.2. The van der Waals surface area contributed by atoms with Gasteiger partial charge in [-0.15, -0.1) is 0 Å². The van der Waals surface area contributed by atoms with Crippen LogP contribution in [0.2, 0.25) is 18.1 Å². The number of hydrogen-bond acceptors (Lipinski definition) is 5. The van der Waals surface area contributed by atoms with E-state index in [1.165, 1.54) is 4.90 Å². The normalized spacial score (nSPS) is 19.6. The summed E-state index contributed by atoms with van der Waals surface area (Å²) in [7, 11) is -1.97. The molecule has 34 heavy (non-hydrogen) atoms. The number of benzene rings is 1. The predicted molar refractivity (Wildman–Crippen MR) is 136 cm³/mol. The van der Waals surface area contributed by atoms with Crippen LogP contribution in [-0.4, -0.2) is 68.0 Å². The topological polar surface area (TPSA) is 97.3 Å². The lowest BCUT2D eigenvalue weighted by molar-refractivity contribution is -0.0953. The molecule has 192 valence electrons. The first-order valence-electron chi connectivity index (χ1n) is 11.9. The summed E-state index contributed by atoms with van der Waals surface area (Å²) in [5, 5.41) is 12.5. The molecule has 0 saturated carbocycles. The maximum Gasteiger partial charge on any atom is 0.412 e. The summed E-state index contributed by atoms with van der Waals surface area (Å²) >= 11 is 0. The van der Waals surface area contributed by atoms with E-state index < -0.39 is 26.1 Å². The van der Waals surface area contributed by atoms with Gasteiger partial charge < -0.3 is 23.9 Å². The molecule has 2 atom stereocenters. The van der Waals surface area contributed by atoms with E-state index in [-0.39, 0.29) is 17.2 Å². The number of carboxylic acid groups (broad SMARTS) is 1. The number of para-hydroxylation sites is 1. The minimum Gasteiger partial charge on any atom is -0.465 e. The van der Waals surface area contributed by atoms with Crippen molar-refractivity contribution in [3.05, 3.63) is 29.8 Å². The van der Waals surface area contributed by atoms with E-state index in [1.807, 2.05) is 45.0 Å². The zero-order valence-electron chi connectivity index (χ0n) is 21.9. The van der Waals surface area contributed by atoms with Gasteiger partial charge in [0, 0.05) is 5.69 Å². The second-order valence-electron chi connectivity index (χ2n) is 11.5. The van der Waals surface area contributed by atoms with Gasteiger partial charge in [0.25, 0.3) is 0 Å². The summed E-state index contributed by atoms with van der Waals surface area (Å²) in [4.78, 5) is 25.4. The lowest BCUT2D eigenvalue weighted by Gasteiger charge is -2.40. The van der Waals surface area contributed by atoms with Gasteiger partial charge in [-0.05, 0) is 63.4 Å². The van der Waals surface area contributed by atoms with Gasteiger partial charge in [0.05, 0.1) is 31.9 Å². The summed E-state index contributed by atoms with van der Waals surface area (Å²) < 4.78 is 17.9. The molecule has 0 unspecified atom stereocenters. The highest BCUT2D eigenvalue weighted by Crippen LogP contribution is 2.36. The highest BCUT2D eigenvalue weighted by atomic mass is 28.4. The number of aryl methyl sites for hydroxylation is 1. The first-order chi connectivity index (χ1) is 15.6. The molecule has 1 saturated heterocycles. The van der Waals surface area contributed by atoms with Crippen molar-refractivity contribution in [3.63, 3.8) is 0 Å². The molecular weight excluding hydrogens is 452 g/mol. The van der Waals surface area contributed by atoms with Crippen LogP contribution in [-0.2, 0) is 20.3 Å². The van der Waals surface area contributed by atoms with Crippen molar-refractivity contribution in [2.24, 2.45) is 0 Å². The molecule has 1 fully saturated rings. The van der Waals surface area contributed by atoms with Gasteiger partial charge in [-0.25, -0.2) is 9.59 Å². The minimum atomic E-state index is -1.97. The Bertz CT molecular complexity index is 847. The number of carbonyl (C=O) groups is 2. The number of anilines is 1. The Morgan fingerprint density at radius 3 is 2.32 bits per heavy atom. The molecular formula is C25H42N2O6Si. The van der Waals surface area contributed by atoms with Crippen LogP contribution in [0.15, 0.2) is 24.3 Å². The quantitative estimate of drug-likeness (QED) is 0.470. The second-order valence-corrected chi connectivity index (χ2v) is 16.3. The summed E-state index contributed by atoms with van der Waals surface area (Å²) in [6.07, 6.45) is -0.772. The van der Waals surface area contributed by atoms with E-state index in [0.29, 0.717) is 38.2 Å². The number of rotatable bonds is 7. The maximum absolute atomic E-state index is 12.2. The average molecular weight is 495 g/mol. The Hall–Kier alpha value is -2.10. The summed E-state index contributed by atoms with van der Waals surface area (Å²) in [6.45, 7) is 17.3. The molecule has 0 aliphatic carbocycles. The summed E-state index contributed by atoms with van der Waals surface area (Å²) in [5.74, 6) is 0. The number of nitrogens with one attached hydrogen (secondary N) is 1. The van der Waals surface area contributed by atoms with Crippen LogP contribution in [0.1, 0.15) is 53.5 Å². The van der Waals surface area contributed by atoms with Gasteiger partial charge in [-0.2, -0.15) is 0 Å². The molecule has 1 aromatic carbocycles. The van der Waals surface area contributed by atoms with Crippen molar-refractivity contribution in [2.75, 3.05) is 25.0 Å². The standard InChI is InChI=1S/C25H42N2O6Si/c1-24(2,3)33-22(28)26-21-12-10-9-11-18(21)13-14-19-15-27(23(29)30)16-20(32-19)17-31-34(7,8)25(4,5)6/h9-12,19-20H,13-17H2,1-8H3,(H,26,28)(H,29,30)/t19-,20+/m1/s1. The van der Waals surface area contributed by atoms with Gasteiger partial charge >= 0.3 is 12.2 Å². The van der Waals surface area contributed by atoms with E-state index in [1.54, 1.807) is 0 Å². The van der Waals surface area contributed by atoms with E-state index >= 15 is 0 Å². The minimum absolute atomic E-state index is 0.0679. The number of amides is 2. The molecule has 0 bridgehead atoms. The molecule has 1 aliphatic heterocycles. The predicted octanol–water partition coefficient (Wildman–Crippen LogP) is 5.74. The third kappa shape index (κ3) is 8.59. The van der Waals surface area contributed by atoms with Crippen molar-refractivity contribution in [3.8, 4) is 0 Å². The van der Waals surface area contributed by atoms with Crippen LogP contribution in [0.3, 0.4) is 0 Å². The Balaban J connectivity index is 2.03. The van der Waals surface area contributed by atoms with Gasteiger partial charge in [-0.1, -0.05) is 39.0 Å². The first kappa shape index (κ1) is 28.1. The molecule has 1 aromatic rings. The molecule has 2 rings (SSSR count). The van der Waals surface area contributed by atoms with Crippen molar-refractivity contribution in [1.29, 1.82) is 0 Å². The van der Waals surface area contributed by atoms with Gasteiger partial charge in [0.2, 0.25) is 0 Å². The van der Waals surface area contributed by atoms with Gasteiger partial charge in [-0.3, -0.25) is 5.32 Å². The lowest BCUT2D eigenvalue weighted by Crippen LogP contribution is -2.53. The molecule has 2 amide bonds. The largest absolute Gasteiger partial charge is 0.465 e. The molecule has 1 heterocycles. The van der Waals surface area contributed by atoms with Gasteiger partial charge in [0.1, 0.15) is 5.60 Å². The van der Waals surface area contributed by atoms with E-state index in [2.05, 4.69) is 39.2 Å². The smallest absolute Gasteiger partial charge is 0.412 e. The highest BCUT2D eigenvalue weighted by Gasteiger charge is 2.39. The monoisotopic (exact) mass is 494 g/mol. The Morgan fingerprint density at radius 2 is 1.74 bits per heavy atom. The zero-order valence-corrected chi connectivity index (χ0v) is 22.9. The summed E-state index contributed by atoms with van der Waals surface area (Å²) in [5.41, 5.74) is 1.04. The Labute approximate surface area is 205 Å². The van der Waals surface area contributed by atoms with Crippen LogP contribution in [0, 0.1) is 0 Å². The Kier molecular flexibility index (Phi) is 9.18. The van der Waals surface area contributed by atoms with Crippen LogP contribution < -0.4 is 5.32 Å². The fourth-order valence-electron chi connectivity index (χ4n) is 3.44. The third-order valence-corrected chi connectivity index (χ3v) is 10.8. The van der Waals surface area contributed by atoms with Gasteiger partial charge in [0.15, 0.2) is 8.32 Å². The van der Waals surface area contributed by atoms with Crippen molar-refractivity contribution < 1.29 is 28.6 Å². The molecule has 0 aromatic heterocycles. The zero-order chi connectivity index (χ0) is 25.7. The number of morpholine rings is 1. The van der Waals surface area contributed by atoms with E-state index in [4.69, 9.17) is 13.9 Å². The van der Waals surface area contributed by atoms with E-state index in [9.17, 15) is 14.7 Å². The van der Waals surface area contributed by atoms with Crippen molar-refractivity contribution >= 4 is 26.2 Å². The van der Waals surface area contributed by atoms with Crippen LogP contribution in [0.25, 0.3) is 0 Å². The van der Waals surface area contributed by atoms with Crippen molar-refractivity contribution in [2.45, 2.75) is 90.3 Å². The second kappa shape index (κ2) is 11.1. The number of hydrogen-bond donors (Lipinski definition) is 2. The average Bonchev–Trinajstić information content (AvgIpc) is 2.69. The fraction of sp³-hybridized carbons (Fsp3) is 0.680. The molecule has 2 N–H and O–H groups in total. The molecule has 9 heteroatoms. The van der Waals surface area contributed by atoms with Crippen molar-refractivity contribution in [1.82, 2.24) is 4.90 Å². The van der Waals surface area contributed by atoms with Crippen LogP contribution >= 0.6 is 0 Å².